The first-order chi connectivity index (χ1) is 17.2. The van der Waals surface area contributed by atoms with E-state index in [9.17, 15) is 13.2 Å². The lowest BCUT2D eigenvalue weighted by Gasteiger charge is -2.33. The Morgan fingerprint density at radius 2 is 1.58 bits per heavy atom. The molecule has 1 heterocycles. The Bertz CT molecular complexity index is 1300. The lowest BCUT2D eigenvalue weighted by Crippen LogP contribution is -2.45. The normalized spacial score (nSPS) is 14.8. The van der Waals surface area contributed by atoms with Crippen LogP contribution in [0.25, 0.3) is 0 Å². The van der Waals surface area contributed by atoms with E-state index in [2.05, 4.69) is 28.1 Å². The van der Waals surface area contributed by atoms with Gasteiger partial charge in [-0.25, -0.2) is 8.42 Å². The molecule has 1 aliphatic heterocycles. The molecule has 5 nitrogen and oxygen atoms in total. The second-order valence-corrected chi connectivity index (χ2v) is 12.7. The van der Waals surface area contributed by atoms with Crippen LogP contribution < -0.4 is 0 Å². The summed E-state index contributed by atoms with van der Waals surface area (Å²) in [5, 5.41) is 0.721. The Morgan fingerprint density at radius 1 is 0.917 bits per heavy atom. The number of hydrogen-bond donors (Lipinski definition) is 0. The van der Waals surface area contributed by atoms with Gasteiger partial charge in [-0.1, -0.05) is 75.5 Å². The van der Waals surface area contributed by atoms with Crippen LogP contribution in [0.5, 0.6) is 0 Å². The van der Waals surface area contributed by atoms with Crippen molar-refractivity contribution >= 4 is 55.1 Å². The molecule has 0 N–H and O–H groups in total. The summed E-state index contributed by atoms with van der Waals surface area (Å²) in [6, 6.07) is 21.7. The minimum Gasteiger partial charge on any atom is -0.342 e. The van der Waals surface area contributed by atoms with Gasteiger partial charge in [0.05, 0.1) is 21.5 Å². The van der Waals surface area contributed by atoms with Gasteiger partial charge in [0.15, 0.2) is 0 Å². The largest absolute Gasteiger partial charge is 0.342 e. The van der Waals surface area contributed by atoms with Crippen LogP contribution in [0.4, 0.5) is 0 Å². The molecule has 190 valence electrons. The molecule has 3 aromatic rings. The maximum Gasteiger partial charge on any atom is 0.243 e. The van der Waals surface area contributed by atoms with Gasteiger partial charge in [-0.05, 0) is 72.7 Å². The van der Waals surface area contributed by atoms with Crippen LogP contribution in [0.2, 0.25) is 10.0 Å². The molecule has 0 aliphatic carbocycles. The number of amides is 1. The monoisotopic (exact) mass is 608 g/mol. The van der Waals surface area contributed by atoms with E-state index in [4.69, 9.17) is 23.2 Å². The summed E-state index contributed by atoms with van der Waals surface area (Å²) in [6.45, 7) is 0.998. The molecule has 9 heteroatoms. The fourth-order valence-electron chi connectivity index (χ4n) is 4.41. The molecule has 0 atom stereocenters. The summed E-state index contributed by atoms with van der Waals surface area (Å²) in [5.41, 5.74) is 1.95. The molecule has 1 saturated heterocycles. The third-order valence-electron chi connectivity index (χ3n) is 6.44. The van der Waals surface area contributed by atoms with Gasteiger partial charge < -0.3 is 4.90 Å². The van der Waals surface area contributed by atoms with Crippen molar-refractivity contribution in [2.24, 2.45) is 5.92 Å². The van der Waals surface area contributed by atoms with Gasteiger partial charge in [0.2, 0.25) is 15.9 Å². The maximum atomic E-state index is 13.6. The molecule has 1 aliphatic rings. The van der Waals surface area contributed by atoms with Crippen LogP contribution in [-0.4, -0.2) is 43.2 Å². The van der Waals surface area contributed by atoms with Crippen molar-refractivity contribution in [3.05, 3.63) is 98.4 Å². The maximum absolute atomic E-state index is 13.6. The molecule has 0 aromatic heterocycles. The van der Waals surface area contributed by atoms with Crippen molar-refractivity contribution in [1.29, 1.82) is 0 Å². The summed E-state index contributed by atoms with van der Waals surface area (Å²) in [7, 11) is -3.94. The molecule has 0 bridgehead atoms. The van der Waals surface area contributed by atoms with Crippen molar-refractivity contribution in [2.75, 3.05) is 19.6 Å². The molecule has 4 rings (SSSR count). The smallest absolute Gasteiger partial charge is 0.243 e. The number of sulfonamides is 1. The lowest BCUT2D eigenvalue weighted by atomic mass is 9.90. The summed E-state index contributed by atoms with van der Waals surface area (Å²) in [5.74, 6) is 0.309. The van der Waals surface area contributed by atoms with Gasteiger partial charge in [0, 0.05) is 24.1 Å². The first-order valence-electron chi connectivity index (χ1n) is 11.7. The zero-order valence-electron chi connectivity index (χ0n) is 19.6. The van der Waals surface area contributed by atoms with Crippen LogP contribution >= 0.6 is 39.1 Å². The second-order valence-electron chi connectivity index (χ2n) is 8.99. The van der Waals surface area contributed by atoms with Crippen molar-refractivity contribution in [2.45, 2.75) is 30.7 Å². The molecular weight excluding hydrogens is 583 g/mol. The molecule has 3 aromatic carbocycles. The molecule has 0 saturated carbocycles. The SMILES string of the molecule is O=C(CN(Cc1ccc(Cl)c(Cl)c1)S(=O)(=O)c1ccc(Br)cc1)N1CCC(Cc2ccccc2)CC1. The van der Waals surface area contributed by atoms with Crippen molar-refractivity contribution in [1.82, 2.24) is 9.21 Å². The Kier molecular flexibility index (Phi) is 9.12. The van der Waals surface area contributed by atoms with E-state index < -0.39 is 10.0 Å². The Morgan fingerprint density at radius 3 is 2.22 bits per heavy atom. The predicted octanol–water partition coefficient (Wildman–Crippen LogP) is 6.43. The summed E-state index contributed by atoms with van der Waals surface area (Å²) in [6.07, 6.45) is 2.78. The molecule has 0 radical (unpaired) electrons. The number of hydrogen-bond acceptors (Lipinski definition) is 3. The van der Waals surface area contributed by atoms with Crippen LogP contribution in [0, 0.1) is 5.92 Å². The van der Waals surface area contributed by atoms with E-state index >= 15 is 0 Å². The van der Waals surface area contributed by atoms with Crippen molar-refractivity contribution < 1.29 is 13.2 Å². The van der Waals surface area contributed by atoms with Gasteiger partial charge in [-0.15, -0.1) is 0 Å². The molecule has 1 amide bonds. The highest BCUT2D eigenvalue weighted by Crippen LogP contribution is 2.27. The van der Waals surface area contributed by atoms with E-state index in [1.165, 1.54) is 22.0 Å². The van der Waals surface area contributed by atoms with E-state index in [0.717, 1.165) is 23.7 Å². The zero-order chi connectivity index (χ0) is 25.7. The highest BCUT2D eigenvalue weighted by molar-refractivity contribution is 9.10. The quantitative estimate of drug-likeness (QED) is 0.296. The van der Waals surface area contributed by atoms with E-state index in [0.29, 0.717) is 34.6 Å². The summed E-state index contributed by atoms with van der Waals surface area (Å²) >= 11 is 15.5. The fourth-order valence-corrected chi connectivity index (χ4v) is 6.37. The molecule has 0 spiro atoms. The minimum atomic E-state index is -3.94. The number of carbonyl (C=O) groups is 1. The number of piperidine rings is 1. The fraction of sp³-hybridized carbons (Fsp3) is 0.296. The average molecular weight is 610 g/mol. The highest BCUT2D eigenvalue weighted by Gasteiger charge is 2.30. The van der Waals surface area contributed by atoms with Crippen LogP contribution in [0.15, 0.2) is 82.2 Å². The first kappa shape index (κ1) is 27.1. The number of nitrogens with zero attached hydrogens (tertiary/aromatic N) is 2. The summed E-state index contributed by atoms with van der Waals surface area (Å²) in [4.78, 5) is 15.2. The van der Waals surface area contributed by atoms with Gasteiger partial charge in [0.25, 0.3) is 0 Å². The number of halogens is 3. The second kappa shape index (κ2) is 12.1. The van der Waals surface area contributed by atoms with Gasteiger partial charge in [-0.3, -0.25) is 4.79 Å². The zero-order valence-corrected chi connectivity index (χ0v) is 23.5. The topological polar surface area (TPSA) is 57.7 Å². The van der Waals surface area contributed by atoms with E-state index in [-0.39, 0.29) is 23.9 Å². The van der Waals surface area contributed by atoms with Gasteiger partial charge in [-0.2, -0.15) is 4.31 Å². The average Bonchev–Trinajstić information content (AvgIpc) is 2.87. The number of likely N-dealkylation sites (tertiary alicyclic amines) is 1. The van der Waals surface area contributed by atoms with Crippen molar-refractivity contribution in [3.8, 4) is 0 Å². The van der Waals surface area contributed by atoms with Crippen LogP contribution in [0.3, 0.4) is 0 Å². The number of rotatable bonds is 8. The standard InChI is InChI=1S/C27H27BrCl2N2O3S/c28-23-7-9-24(10-8-23)36(34,35)32(18-22-6-11-25(29)26(30)17-22)19-27(33)31-14-12-21(13-15-31)16-20-4-2-1-3-5-20/h1-11,17,21H,12-16,18-19H2. The Hall–Kier alpha value is -1.90. The minimum absolute atomic E-state index is 0.00545. The van der Waals surface area contributed by atoms with Crippen LogP contribution in [0.1, 0.15) is 24.0 Å². The van der Waals surface area contributed by atoms with Crippen molar-refractivity contribution in [3.63, 3.8) is 0 Å². The third kappa shape index (κ3) is 6.90. The summed E-state index contributed by atoms with van der Waals surface area (Å²) < 4.78 is 29.1. The Labute approximate surface area is 231 Å². The number of carbonyl (C=O) groups excluding carboxylic acids is 1. The van der Waals surface area contributed by atoms with Gasteiger partial charge >= 0.3 is 0 Å². The van der Waals surface area contributed by atoms with Crippen LogP contribution in [-0.2, 0) is 27.8 Å². The molecule has 36 heavy (non-hydrogen) atoms. The lowest BCUT2D eigenvalue weighted by molar-refractivity contribution is -0.132. The van der Waals surface area contributed by atoms with Gasteiger partial charge in [0.1, 0.15) is 0 Å². The Balaban J connectivity index is 1.48. The first-order valence-corrected chi connectivity index (χ1v) is 14.7. The van der Waals surface area contributed by atoms with E-state index in [1.54, 1.807) is 35.2 Å². The molecule has 1 fully saturated rings. The number of benzene rings is 3. The molecular formula is C27H27BrCl2N2O3S. The predicted molar refractivity (Wildman–Crippen MR) is 148 cm³/mol. The highest BCUT2D eigenvalue weighted by atomic mass is 79.9. The third-order valence-corrected chi connectivity index (χ3v) is 9.51. The molecule has 0 unspecified atom stereocenters. The van der Waals surface area contributed by atoms with E-state index in [1.807, 2.05) is 18.2 Å².